The monoisotopic (exact) mass is 386 g/mol. The van der Waals surface area contributed by atoms with E-state index in [1.807, 2.05) is 31.2 Å². The van der Waals surface area contributed by atoms with Crippen LogP contribution in [0.3, 0.4) is 0 Å². The maximum absolute atomic E-state index is 12.3. The molecule has 0 unspecified atom stereocenters. The second-order valence-electron chi connectivity index (χ2n) is 6.06. The van der Waals surface area contributed by atoms with Crippen molar-refractivity contribution in [2.24, 2.45) is 0 Å². The smallest absolute Gasteiger partial charge is 0.271 e. The number of sulfonamides is 1. The summed E-state index contributed by atoms with van der Waals surface area (Å²) in [4.78, 5) is 0.973. The van der Waals surface area contributed by atoms with Gasteiger partial charge in [0.25, 0.3) is 10.0 Å². The minimum absolute atomic E-state index is 0.332. The molecule has 6 heteroatoms. The van der Waals surface area contributed by atoms with Gasteiger partial charge in [-0.25, -0.2) is 8.42 Å². The first-order valence-electron chi connectivity index (χ1n) is 8.50. The second-order valence-corrected chi connectivity index (χ2v) is 9.26. The van der Waals surface area contributed by atoms with Crippen molar-refractivity contribution in [3.8, 4) is 0 Å². The molecule has 4 nitrogen and oxygen atoms in total. The average Bonchev–Trinajstić information content (AvgIpc) is 3.08. The van der Waals surface area contributed by atoms with Crippen LogP contribution in [-0.4, -0.2) is 15.0 Å². The van der Waals surface area contributed by atoms with E-state index in [-0.39, 0.29) is 0 Å². The Morgan fingerprint density at radius 1 is 0.885 bits per heavy atom. The molecule has 0 atom stereocenters. The Hall–Kier alpha value is -2.31. The molecule has 3 rings (SSSR count). The topological polar surface area (TPSA) is 58.2 Å². The van der Waals surface area contributed by atoms with Crippen molar-refractivity contribution in [1.82, 2.24) is 0 Å². The lowest BCUT2D eigenvalue weighted by molar-refractivity contribution is 0.603. The van der Waals surface area contributed by atoms with E-state index in [2.05, 4.69) is 34.3 Å². The highest BCUT2D eigenvalue weighted by molar-refractivity contribution is 7.94. The fourth-order valence-electron chi connectivity index (χ4n) is 2.59. The summed E-state index contributed by atoms with van der Waals surface area (Å²) in [6.07, 6.45) is 2.07. The van der Waals surface area contributed by atoms with E-state index in [0.29, 0.717) is 9.90 Å². The standard InChI is InChI=1S/C20H22N2O2S2/c1-16-9-14-20(25-16)26(23,24)22-19-12-10-18(11-13-19)21-15-5-8-17-6-3-2-4-7-17/h2-4,6-7,9-14,21-22H,5,8,15H2,1H3. The fraction of sp³-hybridized carbons (Fsp3) is 0.200. The molecule has 0 saturated carbocycles. The van der Waals surface area contributed by atoms with E-state index >= 15 is 0 Å². The van der Waals surface area contributed by atoms with Gasteiger partial charge in [0, 0.05) is 22.8 Å². The lowest BCUT2D eigenvalue weighted by Gasteiger charge is -2.09. The Kier molecular flexibility index (Phi) is 5.96. The number of anilines is 2. The number of nitrogens with one attached hydrogen (secondary N) is 2. The molecule has 2 aromatic carbocycles. The van der Waals surface area contributed by atoms with Crippen LogP contribution in [0.5, 0.6) is 0 Å². The van der Waals surface area contributed by atoms with Crippen molar-refractivity contribution in [2.45, 2.75) is 24.0 Å². The van der Waals surface area contributed by atoms with Crippen LogP contribution in [0.1, 0.15) is 16.9 Å². The summed E-state index contributed by atoms with van der Waals surface area (Å²) in [6.45, 7) is 2.76. The van der Waals surface area contributed by atoms with Crippen molar-refractivity contribution in [3.05, 3.63) is 77.2 Å². The van der Waals surface area contributed by atoms with Crippen molar-refractivity contribution >= 4 is 32.7 Å². The molecule has 3 aromatic rings. The van der Waals surface area contributed by atoms with Crippen molar-refractivity contribution in [1.29, 1.82) is 0 Å². The maximum atomic E-state index is 12.3. The quantitative estimate of drug-likeness (QED) is 0.541. The molecular weight excluding hydrogens is 364 g/mol. The maximum Gasteiger partial charge on any atom is 0.271 e. The first kappa shape index (κ1) is 18.5. The predicted octanol–water partition coefficient (Wildman–Crippen LogP) is 4.90. The molecule has 0 aliphatic carbocycles. The van der Waals surface area contributed by atoms with Gasteiger partial charge < -0.3 is 5.32 Å². The van der Waals surface area contributed by atoms with Gasteiger partial charge in [0.15, 0.2) is 0 Å². The Morgan fingerprint density at radius 2 is 1.58 bits per heavy atom. The number of hydrogen-bond acceptors (Lipinski definition) is 4. The Morgan fingerprint density at radius 3 is 2.23 bits per heavy atom. The molecule has 1 aromatic heterocycles. The third kappa shape index (κ3) is 5.09. The van der Waals surface area contributed by atoms with Crippen LogP contribution in [0.4, 0.5) is 11.4 Å². The zero-order valence-electron chi connectivity index (χ0n) is 14.6. The van der Waals surface area contributed by atoms with Gasteiger partial charge in [0.05, 0.1) is 0 Å². The van der Waals surface area contributed by atoms with Crippen LogP contribution in [0.25, 0.3) is 0 Å². The van der Waals surface area contributed by atoms with E-state index in [4.69, 9.17) is 0 Å². The number of aryl methyl sites for hydroxylation is 2. The largest absolute Gasteiger partial charge is 0.385 e. The highest BCUT2D eigenvalue weighted by Gasteiger charge is 2.16. The van der Waals surface area contributed by atoms with Crippen LogP contribution in [-0.2, 0) is 16.4 Å². The molecule has 0 spiro atoms. The van der Waals surface area contributed by atoms with Gasteiger partial charge in [0.1, 0.15) is 4.21 Å². The summed E-state index contributed by atoms with van der Waals surface area (Å²) < 4.78 is 27.6. The summed E-state index contributed by atoms with van der Waals surface area (Å²) in [7, 11) is -3.51. The molecule has 0 aliphatic heterocycles. The van der Waals surface area contributed by atoms with Gasteiger partial charge >= 0.3 is 0 Å². The first-order chi connectivity index (χ1) is 12.5. The zero-order valence-corrected chi connectivity index (χ0v) is 16.2. The Balaban J connectivity index is 1.50. The molecular formula is C20H22N2O2S2. The molecule has 2 N–H and O–H groups in total. The van der Waals surface area contributed by atoms with Crippen LogP contribution < -0.4 is 10.0 Å². The van der Waals surface area contributed by atoms with Gasteiger partial charge in [-0.15, -0.1) is 11.3 Å². The lowest BCUT2D eigenvalue weighted by Crippen LogP contribution is -2.11. The van der Waals surface area contributed by atoms with E-state index in [1.165, 1.54) is 16.9 Å². The number of benzene rings is 2. The Bertz CT molecular complexity index is 933. The van der Waals surface area contributed by atoms with Gasteiger partial charge in [0.2, 0.25) is 0 Å². The van der Waals surface area contributed by atoms with Gasteiger partial charge in [-0.1, -0.05) is 30.3 Å². The number of hydrogen-bond donors (Lipinski definition) is 2. The molecule has 0 saturated heterocycles. The molecule has 0 amide bonds. The summed E-state index contributed by atoms with van der Waals surface area (Å²) in [5.41, 5.74) is 2.88. The molecule has 136 valence electrons. The molecule has 0 bridgehead atoms. The summed E-state index contributed by atoms with van der Waals surface area (Å²) in [6, 6.07) is 21.2. The minimum atomic E-state index is -3.51. The van der Waals surface area contributed by atoms with E-state index in [0.717, 1.165) is 30.0 Å². The Labute approximate surface area is 159 Å². The third-order valence-corrected chi connectivity index (χ3v) is 6.81. The van der Waals surface area contributed by atoms with E-state index in [1.54, 1.807) is 18.2 Å². The zero-order chi connectivity index (χ0) is 18.4. The van der Waals surface area contributed by atoms with Crippen molar-refractivity contribution < 1.29 is 8.42 Å². The first-order valence-corrected chi connectivity index (χ1v) is 10.8. The summed E-state index contributed by atoms with van der Waals surface area (Å²) in [5.74, 6) is 0. The average molecular weight is 387 g/mol. The van der Waals surface area contributed by atoms with Gasteiger partial charge in [-0.05, 0) is 61.7 Å². The molecule has 1 heterocycles. The van der Waals surface area contributed by atoms with Crippen LogP contribution in [0.15, 0.2) is 70.9 Å². The lowest BCUT2D eigenvalue weighted by atomic mass is 10.1. The summed E-state index contributed by atoms with van der Waals surface area (Å²) in [5, 5.41) is 3.36. The van der Waals surface area contributed by atoms with E-state index < -0.39 is 10.0 Å². The fourth-order valence-corrected chi connectivity index (χ4v) is 4.93. The van der Waals surface area contributed by atoms with Crippen molar-refractivity contribution in [2.75, 3.05) is 16.6 Å². The summed E-state index contributed by atoms with van der Waals surface area (Å²) >= 11 is 1.27. The second kappa shape index (κ2) is 8.38. The van der Waals surface area contributed by atoms with E-state index in [9.17, 15) is 8.42 Å². The van der Waals surface area contributed by atoms with Crippen molar-refractivity contribution in [3.63, 3.8) is 0 Å². The molecule has 26 heavy (non-hydrogen) atoms. The SMILES string of the molecule is Cc1ccc(S(=O)(=O)Nc2ccc(NCCCc3ccccc3)cc2)s1. The van der Waals surface area contributed by atoms with Crippen LogP contribution in [0.2, 0.25) is 0 Å². The van der Waals surface area contributed by atoms with Gasteiger partial charge in [-0.3, -0.25) is 4.72 Å². The number of rotatable bonds is 8. The molecule has 0 fully saturated rings. The number of thiophene rings is 1. The molecule has 0 aliphatic rings. The molecule has 0 radical (unpaired) electrons. The highest BCUT2D eigenvalue weighted by atomic mass is 32.2. The highest BCUT2D eigenvalue weighted by Crippen LogP contribution is 2.24. The predicted molar refractivity (Wildman–Crippen MR) is 110 cm³/mol. The minimum Gasteiger partial charge on any atom is -0.385 e. The van der Waals surface area contributed by atoms with Crippen LogP contribution >= 0.6 is 11.3 Å². The third-order valence-electron chi connectivity index (χ3n) is 3.93. The normalized spacial score (nSPS) is 11.3. The van der Waals surface area contributed by atoms with Gasteiger partial charge in [-0.2, -0.15) is 0 Å². The van der Waals surface area contributed by atoms with Crippen LogP contribution in [0, 0.1) is 6.92 Å².